The lowest BCUT2D eigenvalue weighted by molar-refractivity contribution is -0.120. The van der Waals surface area contributed by atoms with Gasteiger partial charge in [0.25, 0.3) is 0 Å². The highest BCUT2D eigenvalue weighted by atomic mass is 32.1. The van der Waals surface area contributed by atoms with Gasteiger partial charge < -0.3 is 5.32 Å². The molecule has 98 valence electrons. The van der Waals surface area contributed by atoms with Crippen LogP contribution in [-0.4, -0.2) is 5.91 Å². The predicted octanol–water partition coefficient (Wildman–Crippen LogP) is 3.08. The molecule has 0 radical (unpaired) electrons. The highest BCUT2D eigenvalue weighted by Gasteiger charge is 2.27. The summed E-state index contributed by atoms with van der Waals surface area (Å²) < 4.78 is 0. The van der Waals surface area contributed by atoms with Crippen LogP contribution < -0.4 is 5.32 Å². The van der Waals surface area contributed by atoms with E-state index in [9.17, 15) is 10.1 Å². The minimum atomic E-state index is -0.188. The van der Waals surface area contributed by atoms with Gasteiger partial charge in [0.1, 0.15) is 0 Å². The first kappa shape index (κ1) is 13.7. The summed E-state index contributed by atoms with van der Waals surface area (Å²) in [5.41, 5.74) is 2.76. The molecule has 0 saturated carbocycles. The van der Waals surface area contributed by atoms with E-state index in [-0.39, 0.29) is 11.8 Å². The second-order valence-corrected chi connectivity index (χ2v) is 5.45. The first-order valence-electron chi connectivity index (χ1n) is 6.26. The highest BCUT2D eigenvalue weighted by molar-refractivity contribution is 7.84. The average Bonchev–Trinajstić information content (AvgIpc) is 2.38. The molecule has 0 saturated heterocycles. The van der Waals surface area contributed by atoms with Crippen LogP contribution in [0.3, 0.4) is 0 Å². The number of carbonyl (C=O) groups excluding carboxylic acids is 1. The number of hydrogen-bond acceptors (Lipinski definition) is 3. The summed E-state index contributed by atoms with van der Waals surface area (Å²) in [4.78, 5) is 11.6. The molecule has 1 heterocycles. The van der Waals surface area contributed by atoms with Gasteiger partial charge in [-0.25, -0.2) is 0 Å². The first-order valence-corrected chi connectivity index (χ1v) is 6.70. The Morgan fingerprint density at radius 1 is 1.37 bits per heavy atom. The Bertz CT molecular complexity index is 567. The number of nitrogens with zero attached hydrogens (tertiary/aromatic N) is 1. The lowest BCUT2D eigenvalue weighted by Gasteiger charge is -2.23. The molecule has 0 spiro atoms. The van der Waals surface area contributed by atoms with E-state index >= 15 is 0 Å². The number of thiol groups is 1. The third kappa shape index (κ3) is 2.82. The maximum absolute atomic E-state index is 11.6. The van der Waals surface area contributed by atoms with Crippen molar-refractivity contribution in [3.05, 3.63) is 46.0 Å². The second kappa shape index (κ2) is 5.50. The molecule has 0 fully saturated rings. The van der Waals surface area contributed by atoms with Gasteiger partial charge in [0.2, 0.25) is 5.91 Å². The van der Waals surface area contributed by atoms with Gasteiger partial charge in [0, 0.05) is 12.3 Å². The fraction of sp³-hybridized carbons (Fsp3) is 0.333. The van der Waals surface area contributed by atoms with Gasteiger partial charge >= 0.3 is 0 Å². The molecule has 1 aromatic rings. The van der Waals surface area contributed by atoms with Crippen molar-refractivity contribution in [2.24, 2.45) is 0 Å². The third-order valence-corrected chi connectivity index (χ3v) is 3.73. The Kier molecular flexibility index (Phi) is 3.96. The van der Waals surface area contributed by atoms with Crippen molar-refractivity contribution in [3.63, 3.8) is 0 Å². The molecule has 1 N–H and O–H groups in total. The molecule has 4 heteroatoms. The predicted molar refractivity (Wildman–Crippen MR) is 77.7 cm³/mol. The smallest absolute Gasteiger partial charge is 0.225 e. The zero-order chi connectivity index (χ0) is 14.0. The van der Waals surface area contributed by atoms with Crippen molar-refractivity contribution in [1.82, 2.24) is 5.32 Å². The van der Waals surface area contributed by atoms with Gasteiger partial charge in [-0.1, -0.05) is 38.1 Å². The van der Waals surface area contributed by atoms with Crippen molar-refractivity contribution in [2.75, 3.05) is 0 Å². The summed E-state index contributed by atoms with van der Waals surface area (Å²) >= 11 is 4.18. The molecule has 0 aliphatic carbocycles. The van der Waals surface area contributed by atoms with Crippen LogP contribution in [0.4, 0.5) is 0 Å². The minimum absolute atomic E-state index is 0.0954. The van der Waals surface area contributed by atoms with Gasteiger partial charge in [-0.15, -0.1) is 12.6 Å². The van der Waals surface area contributed by atoms with E-state index in [0.29, 0.717) is 22.9 Å². The highest BCUT2D eigenvalue weighted by Crippen LogP contribution is 2.33. The van der Waals surface area contributed by atoms with Crippen LogP contribution in [0, 0.1) is 11.3 Å². The molecule has 1 unspecified atom stereocenters. The normalized spacial score (nSPS) is 19.3. The number of nitriles is 1. The summed E-state index contributed by atoms with van der Waals surface area (Å²) in [5, 5.41) is 12.2. The molecule has 3 nitrogen and oxygen atoms in total. The third-order valence-electron chi connectivity index (χ3n) is 3.38. The number of rotatable bonds is 2. The summed E-state index contributed by atoms with van der Waals surface area (Å²) in [6, 6.07) is 10.3. The Morgan fingerprint density at radius 2 is 2.00 bits per heavy atom. The van der Waals surface area contributed by atoms with E-state index < -0.39 is 0 Å². The number of allylic oxidation sites excluding steroid dienone is 1. The van der Waals surface area contributed by atoms with Crippen molar-refractivity contribution in [2.45, 2.75) is 32.1 Å². The van der Waals surface area contributed by atoms with Crippen molar-refractivity contribution < 1.29 is 4.79 Å². The standard InChI is InChI=1S/C15H16N2OS/c1-9(2)10-3-5-11(6-4-10)12-7-14(18)17-15(19)13(12)8-16/h3-6,9,12,19H,7H2,1-2H3,(H,17,18). The van der Waals surface area contributed by atoms with Crippen LogP contribution in [0.25, 0.3) is 0 Å². The zero-order valence-electron chi connectivity index (χ0n) is 11.0. The van der Waals surface area contributed by atoms with Crippen LogP contribution in [0.15, 0.2) is 34.9 Å². The van der Waals surface area contributed by atoms with E-state index in [1.54, 1.807) is 0 Å². The Balaban J connectivity index is 2.37. The maximum atomic E-state index is 11.6. The van der Waals surface area contributed by atoms with Crippen LogP contribution in [0.2, 0.25) is 0 Å². The molecule has 2 rings (SSSR count). The molecule has 0 aromatic heterocycles. The number of benzene rings is 1. The fourth-order valence-electron chi connectivity index (χ4n) is 2.23. The molecular formula is C15H16N2OS. The SMILES string of the molecule is CC(C)c1ccc(C2CC(=O)NC(S)=C2C#N)cc1. The molecule has 1 atom stereocenters. The second-order valence-electron chi connectivity index (χ2n) is 5.00. The topological polar surface area (TPSA) is 52.9 Å². The summed E-state index contributed by atoms with van der Waals surface area (Å²) in [6.45, 7) is 4.27. The fourth-order valence-corrected chi connectivity index (χ4v) is 2.56. The van der Waals surface area contributed by atoms with Crippen LogP contribution in [0.1, 0.15) is 43.2 Å². The van der Waals surface area contributed by atoms with Crippen molar-refractivity contribution >= 4 is 18.5 Å². The Labute approximate surface area is 118 Å². The van der Waals surface area contributed by atoms with Crippen LogP contribution in [-0.2, 0) is 4.79 Å². The average molecular weight is 272 g/mol. The Hall–Kier alpha value is -1.73. The molecule has 1 aliphatic heterocycles. The minimum Gasteiger partial charge on any atom is -0.320 e. The molecule has 1 aliphatic rings. The van der Waals surface area contributed by atoms with Crippen LogP contribution >= 0.6 is 12.6 Å². The van der Waals surface area contributed by atoms with Gasteiger partial charge in [0.15, 0.2) is 0 Å². The summed E-state index contributed by atoms with van der Waals surface area (Å²) in [7, 11) is 0. The molecular weight excluding hydrogens is 256 g/mol. The van der Waals surface area contributed by atoms with Gasteiger partial charge in [-0.2, -0.15) is 5.26 Å². The van der Waals surface area contributed by atoms with Crippen LogP contribution in [0.5, 0.6) is 0 Å². The summed E-state index contributed by atoms with van der Waals surface area (Å²) in [5.74, 6) is 0.185. The van der Waals surface area contributed by atoms with E-state index in [1.807, 2.05) is 12.1 Å². The monoisotopic (exact) mass is 272 g/mol. The largest absolute Gasteiger partial charge is 0.320 e. The van der Waals surface area contributed by atoms with E-state index in [0.717, 1.165) is 5.56 Å². The quantitative estimate of drug-likeness (QED) is 0.813. The van der Waals surface area contributed by atoms with Gasteiger partial charge in [-0.3, -0.25) is 4.79 Å². The molecule has 1 amide bonds. The molecule has 19 heavy (non-hydrogen) atoms. The number of amides is 1. The Morgan fingerprint density at radius 3 is 2.53 bits per heavy atom. The first-order chi connectivity index (χ1) is 9.02. The zero-order valence-corrected chi connectivity index (χ0v) is 11.9. The maximum Gasteiger partial charge on any atom is 0.225 e. The number of nitrogens with one attached hydrogen (secondary N) is 1. The summed E-state index contributed by atoms with van der Waals surface area (Å²) in [6.07, 6.45) is 0.300. The van der Waals surface area contributed by atoms with E-state index in [2.05, 4.69) is 50.0 Å². The van der Waals surface area contributed by atoms with Gasteiger partial charge in [0.05, 0.1) is 16.7 Å². The number of hydrogen-bond donors (Lipinski definition) is 2. The van der Waals surface area contributed by atoms with E-state index in [4.69, 9.17) is 0 Å². The lowest BCUT2D eigenvalue weighted by atomic mass is 9.86. The van der Waals surface area contributed by atoms with E-state index in [1.165, 1.54) is 5.56 Å². The molecule has 1 aromatic carbocycles. The molecule has 0 bridgehead atoms. The van der Waals surface area contributed by atoms with Gasteiger partial charge in [-0.05, 0) is 17.0 Å². The van der Waals surface area contributed by atoms with Crippen molar-refractivity contribution in [1.29, 1.82) is 5.26 Å². The van der Waals surface area contributed by atoms with Crippen molar-refractivity contribution in [3.8, 4) is 6.07 Å². The lowest BCUT2D eigenvalue weighted by Crippen LogP contribution is -2.29. The number of carbonyl (C=O) groups is 1.